The van der Waals surface area contributed by atoms with Gasteiger partial charge in [0.25, 0.3) is 17.9 Å². The first kappa shape index (κ1) is 28.4. The van der Waals surface area contributed by atoms with Crippen molar-refractivity contribution in [3.05, 3.63) is 59.7 Å². The van der Waals surface area contributed by atoms with Gasteiger partial charge in [0.15, 0.2) is 0 Å². The minimum atomic E-state index is -2.67. The lowest BCUT2D eigenvalue weighted by Crippen LogP contribution is -2.39. The lowest BCUT2D eigenvalue weighted by Gasteiger charge is -2.33. The fraction of sp³-hybridized carbons (Fsp3) is 0.429. The maximum atomic E-state index is 13.6. The highest BCUT2D eigenvalue weighted by Gasteiger charge is 2.34. The van der Waals surface area contributed by atoms with Gasteiger partial charge in [-0.05, 0) is 54.8 Å². The lowest BCUT2D eigenvalue weighted by atomic mass is 10.0. The molecule has 2 aromatic rings. The summed E-state index contributed by atoms with van der Waals surface area (Å²) in [6, 6.07) is 11.7. The third kappa shape index (κ3) is 7.08. The normalized spacial score (nSPS) is 17.9. The number of hydrogen-bond acceptors (Lipinski definition) is 5. The molecule has 0 bridgehead atoms. The van der Waals surface area contributed by atoms with E-state index in [1.807, 2.05) is 9.80 Å². The molecule has 0 aromatic heterocycles. The Hall–Kier alpha value is -3.60. The molecule has 2 aliphatic heterocycles. The summed E-state index contributed by atoms with van der Waals surface area (Å²) < 4.78 is 53.4. The van der Waals surface area contributed by atoms with Crippen molar-refractivity contribution in [3.8, 4) is 0 Å². The zero-order valence-electron chi connectivity index (χ0n) is 21.7. The number of anilines is 4. The standard InChI is InChI=1S/C28H32F4N4O3/c1-18(17-37)26(38)33-21-5-6-23(24(16-21)36-11-7-19(8-12-36)25(29)30)27(39)34-20-3-2-4-22(15-20)35-13-9-28(31,32)10-14-35/h2-6,15-16,18,37H,7-14,17H2,1H3,(H,33,38)(H,34,39)/t18-/m0/s1. The van der Waals surface area contributed by atoms with E-state index in [2.05, 4.69) is 10.6 Å². The number of halogens is 4. The fourth-order valence-corrected chi connectivity index (χ4v) is 4.69. The summed E-state index contributed by atoms with van der Waals surface area (Å²) >= 11 is 0. The number of alkyl halides is 2. The first-order valence-electron chi connectivity index (χ1n) is 12.9. The summed E-state index contributed by atoms with van der Waals surface area (Å²) in [6.07, 6.45) is -1.83. The second kappa shape index (κ2) is 12.1. The highest BCUT2D eigenvalue weighted by atomic mass is 19.3. The minimum Gasteiger partial charge on any atom is -0.396 e. The molecule has 1 atom stereocenters. The molecule has 0 saturated carbocycles. The van der Waals surface area contributed by atoms with E-state index in [9.17, 15) is 32.3 Å². The van der Waals surface area contributed by atoms with Gasteiger partial charge in [0.1, 0.15) is 0 Å². The van der Waals surface area contributed by atoms with Gasteiger partial charge >= 0.3 is 0 Å². The number of carbonyl (C=O) groups excluding carboxylic acids is 2. The van der Waals surface area contributed by atoms with Crippen molar-refractivity contribution >= 4 is 34.6 Å². The van der Waals surface area contributed by atoms with Crippen LogP contribution in [0.3, 0.4) is 0 Å². The average molecular weight is 549 g/mol. The molecule has 7 nitrogen and oxygen atoms in total. The summed E-state index contributed by atoms with van der Waals surface area (Å²) in [7, 11) is 0. The van der Waals surface area contributed by atoms with E-state index in [-0.39, 0.29) is 64.0 Å². The van der Waals surface area contributed by atoms with E-state index in [0.29, 0.717) is 22.6 Å². The van der Waals surface area contributed by atoms with Crippen LogP contribution in [0.4, 0.5) is 40.3 Å². The van der Waals surface area contributed by atoms with Gasteiger partial charge in [0, 0.05) is 56.1 Å². The first-order chi connectivity index (χ1) is 18.6. The first-order valence-corrected chi connectivity index (χ1v) is 12.9. The SMILES string of the molecule is C[C@@H](CO)C(=O)Nc1ccc(C(=O)Nc2cccc(N3CCC(F)(F)CC3)c2)c(N2CCC(=C(F)F)CC2)c1. The van der Waals surface area contributed by atoms with E-state index in [4.69, 9.17) is 0 Å². The zero-order valence-corrected chi connectivity index (χ0v) is 21.7. The molecule has 3 N–H and O–H groups in total. The zero-order chi connectivity index (χ0) is 28.2. The predicted octanol–water partition coefficient (Wildman–Crippen LogP) is 5.49. The van der Waals surface area contributed by atoms with Crippen molar-refractivity contribution in [1.29, 1.82) is 0 Å². The number of piperidine rings is 2. The Morgan fingerprint density at radius 2 is 1.62 bits per heavy atom. The Bertz CT molecular complexity index is 1230. The van der Waals surface area contributed by atoms with E-state index < -0.39 is 29.7 Å². The summed E-state index contributed by atoms with van der Waals surface area (Å²) in [5.41, 5.74) is 2.48. The Morgan fingerprint density at radius 1 is 0.949 bits per heavy atom. The van der Waals surface area contributed by atoms with Gasteiger partial charge < -0.3 is 25.5 Å². The van der Waals surface area contributed by atoms with Crippen LogP contribution < -0.4 is 20.4 Å². The Kier molecular flexibility index (Phi) is 8.79. The van der Waals surface area contributed by atoms with E-state index in [1.54, 1.807) is 49.4 Å². The molecule has 0 spiro atoms. The summed E-state index contributed by atoms with van der Waals surface area (Å²) in [5.74, 6) is -4.13. The number of nitrogens with one attached hydrogen (secondary N) is 2. The summed E-state index contributed by atoms with van der Waals surface area (Å²) in [5, 5.41) is 14.8. The lowest BCUT2D eigenvalue weighted by molar-refractivity contribution is -0.120. The second-order valence-corrected chi connectivity index (χ2v) is 10.0. The fourth-order valence-electron chi connectivity index (χ4n) is 4.69. The van der Waals surface area contributed by atoms with E-state index in [1.165, 1.54) is 0 Å². The molecule has 2 amide bonds. The minimum absolute atomic E-state index is 0.0887. The van der Waals surface area contributed by atoms with Crippen LogP contribution in [0.15, 0.2) is 54.1 Å². The summed E-state index contributed by atoms with van der Waals surface area (Å²) in [4.78, 5) is 29.4. The Labute approximate surface area is 224 Å². The number of rotatable bonds is 7. The molecule has 2 aromatic carbocycles. The van der Waals surface area contributed by atoms with Gasteiger partial charge in [-0.25, -0.2) is 8.78 Å². The van der Waals surface area contributed by atoms with Crippen LogP contribution in [0.1, 0.15) is 43.0 Å². The molecule has 39 heavy (non-hydrogen) atoms. The maximum Gasteiger partial charge on any atom is 0.269 e. The molecule has 4 rings (SSSR count). The Balaban J connectivity index is 1.56. The molecular formula is C28H32F4N4O3. The quantitative estimate of drug-likeness (QED) is 0.399. The van der Waals surface area contributed by atoms with E-state index in [0.717, 1.165) is 5.69 Å². The number of aliphatic hydroxyl groups is 1. The predicted molar refractivity (Wildman–Crippen MR) is 143 cm³/mol. The van der Waals surface area contributed by atoms with Gasteiger partial charge in [0.05, 0.1) is 23.8 Å². The molecule has 11 heteroatoms. The van der Waals surface area contributed by atoms with Gasteiger partial charge in [-0.2, -0.15) is 8.78 Å². The smallest absolute Gasteiger partial charge is 0.269 e. The van der Waals surface area contributed by atoms with Crippen LogP contribution in [-0.4, -0.2) is 55.6 Å². The highest BCUT2D eigenvalue weighted by molar-refractivity contribution is 6.09. The highest BCUT2D eigenvalue weighted by Crippen LogP contribution is 2.33. The Morgan fingerprint density at radius 3 is 2.26 bits per heavy atom. The van der Waals surface area contributed by atoms with Crippen LogP contribution >= 0.6 is 0 Å². The van der Waals surface area contributed by atoms with Crippen molar-refractivity contribution in [2.24, 2.45) is 5.92 Å². The monoisotopic (exact) mass is 548 g/mol. The van der Waals surface area contributed by atoms with Crippen molar-refractivity contribution in [2.45, 2.75) is 38.5 Å². The number of hydrogen-bond donors (Lipinski definition) is 3. The topological polar surface area (TPSA) is 84.9 Å². The largest absolute Gasteiger partial charge is 0.396 e. The number of aliphatic hydroxyl groups excluding tert-OH is 1. The molecule has 2 saturated heterocycles. The van der Waals surface area contributed by atoms with Crippen molar-refractivity contribution in [1.82, 2.24) is 0 Å². The van der Waals surface area contributed by atoms with Gasteiger partial charge in [-0.15, -0.1) is 0 Å². The van der Waals surface area contributed by atoms with Crippen LogP contribution in [0.5, 0.6) is 0 Å². The van der Waals surface area contributed by atoms with Gasteiger partial charge in [-0.1, -0.05) is 13.0 Å². The van der Waals surface area contributed by atoms with E-state index >= 15 is 0 Å². The summed E-state index contributed by atoms with van der Waals surface area (Å²) in [6.45, 7) is 2.21. The molecule has 0 unspecified atom stereocenters. The van der Waals surface area contributed by atoms with Gasteiger partial charge in [0.2, 0.25) is 5.91 Å². The molecule has 2 fully saturated rings. The molecule has 2 aliphatic rings. The number of carbonyl (C=O) groups is 2. The van der Waals surface area contributed by atoms with Crippen molar-refractivity contribution < 1.29 is 32.3 Å². The molecular weight excluding hydrogens is 516 g/mol. The van der Waals surface area contributed by atoms with Crippen LogP contribution in [0.25, 0.3) is 0 Å². The maximum absolute atomic E-state index is 13.6. The molecule has 0 radical (unpaired) electrons. The second-order valence-electron chi connectivity index (χ2n) is 10.0. The molecule has 210 valence electrons. The van der Waals surface area contributed by atoms with Crippen LogP contribution in [-0.2, 0) is 4.79 Å². The molecule has 2 heterocycles. The number of nitrogens with zero attached hydrogens (tertiary/aromatic N) is 2. The van der Waals surface area contributed by atoms with Crippen LogP contribution in [0, 0.1) is 5.92 Å². The van der Waals surface area contributed by atoms with Gasteiger partial charge in [-0.3, -0.25) is 9.59 Å². The number of amides is 2. The van der Waals surface area contributed by atoms with Crippen molar-refractivity contribution in [3.63, 3.8) is 0 Å². The third-order valence-electron chi connectivity index (χ3n) is 7.17. The third-order valence-corrected chi connectivity index (χ3v) is 7.17. The van der Waals surface area contributed by atoms with Crippen molar-refractivity contribution in [2.75, 3.05) is 53.2 Å². The average Bonchev–Trinajstić information content (AvgIpc) is 2.92. The molecule has 0 aliphatic carbocycles. The number of benzene rings is 2. The van der Waals surface area contributed by atoms with Crippen LogP contribution in [0.2, 0.25) is 0 Å².